The number of carbonyl (C=O) groups is 1. The van der Waals surface area contributed by atoms with E-state index in [-0.39, 0.29) is 11.3 Å². The van der Waals surface area contributed by atoms with E-state index < -0.39 is 0 Å². The largest absolute Gasteiger partial charge is 0.381 e. The van der Waals surface area contributed by atoms with Crippen molar-refractivity contribution in [2.75, 3.05) is 19.8 Å². The van der Waals surface area contributed by atoms with E-state index in [9.17, 15) is 4.79 Å². The minimum absolute atomic E-state index is 0.00788. The van der Waals surface area contributed by atoms with Gasteiger partial charge in [0.05, 0.1) is 0 Å². The summed E-state index contributed by atoms with van der Waals surface area (Å²) < 4.78 is 6.63. The summed E-state index contributed by atoms with van der Waals surface area (Å²) in [5, 5.41) is 3.15. The molecule has 2 aromatic rings. The number of rotatable bonds is 4. The molecule has 0 bridgehead atoms. The highest BCUT2D eigenvalue weighted by atomic mass is 127. The van der Waals surface area contributed by atoms with Crippen LogP contribution < -0.4 is 5.32 Å². The van der Waals surface area contributed by atoms with Gasteiger partial charge in [-0.05, 0) is 66.1 Å². The van der Waals surface area contributed by atoms with E-state index in [0.29, 0.717) is 12.1 Å². The molecule has 0 saturated carbocycles. The zero-order valence-corrected chi connectivity index (χ0v) is 16.0. The van der Waals surface area contributed by atoms with Gasteiger partial charge in [0.2, 0.25) is 0 Å². The lowest BCUT2D eigenvalue weighted by Gasteiger charge is -2.38. The monoisotopic (exact) mass is 435 g/mol. The lowest BCUT2D eigenvalue weighted by Crippen LogP contribution is -2.44. The van der Waals surface area contributed by atoms with Crippen LogP contribution in [0.15, 0.2) is 48.5 Å². The Morgan fingerprint density at radius 3 is 2.54 bits per heavy atom. The Bertz CT molecular complexity index is 706. The van der Waals surface area contributed by atoms with Crippen LogP contribution in [0.25, 0.3) is 0 Å². The normalized spacial score (nSPS) is 16.6. The fraction of sp³-hybridized carbons (Fsp3) is 0.350. The van der Waals surface area contributed by atoms with Crippen LogP contribution in [0.2, 0.25) is 0 Å². The lowest BCUT2D eigenvalue weighted by atomic mass is 9.74. The van der Waals surface area contributed by atoms with Crippen LogP contribution in [0.3, 0.4) is 0 Å². The van der Waals surface area contributed by atoms with Gasteiger partial charge in [-0.1, -0.05) is 35.9 Å². The molecule has 1 saturated heterocycles. The van der Waals surface area contributed by atoms with E-state index in [1.165, 1.54) is 11.1 Å². The zero-order valence-electron chi connectivity index (χ0n) is 13.8. The van der Waals surface area contributed by atoms with Gasteiger partial charge in [-0.15, -0.1) is 0 Å². The fourth-order valence-electron chi connectivity index (χ4n) is 3.22. The molecule has 3 nitrogen and oxygen atoms in total. The number of aryl methyl sites for hydroxylation is 1. The van der Waals surface area contributed by atoms with Gasteiger partial charge in [-0.3, -0.25) is 4.79 Å². The Morgan fingerprint density at radius 1 is 1.17 bits per heavy atom. The molecule has 2 aromatic carbocycles. The molecule has 0 atom stereocenters. The molecule has 0 aliphatic carbocycles. The molecule has 0 aromatic heterocycles. The number of ether oxygens (including phenoxy) is 1. The molecule has 1 aliphatic heterocycles. The average molecular weight is 435 g/mol. The molecule has 1 N–H and O–H groups in total. The minimum atomic E-state index is -0.0381. The summed E-state index contributed by atoms with van der Waals surface area (Å²) in [6, 6.07) is 16.4. The molecule has 126 valence electrons. The number of halogens is 1. The fourth-order valence-corrected chi connectivity index (χ4v) is 3.76. The van der Waals surface area contributed by atoms with Gasteiger partial charge in [-0.25, -0.2) is 0 Å². The van der Waals surface area contributed by atoms with Crippen LogP contribution in [0, 0.1) is 10.5 Å². The standard InChI is InChI=1S/C20H22INO2/c1-15-5-7-17(8-6-15)20(9-11-24-12-10-20)14-22-19(23)16-3-2-4-18(21)13-16/h2-8,13H,9-12,14H2,1H3,(H,22,23). The number of hydrogen-bond donors (Lipinski definition) is 1. The smallest absolute Gasteiger partial charge is 0.251 e. The lowest BCUT2D eigenvalue weighted by molar-refractivity contribution is 0.0487. The molecule has 24 heavy (non-hydrogen) atoms. The molecule has 1 heterocycles. The molecule has 1 amide bonds. The van der Waals surface area contributed by atoms with Crippen molar-refractivity contribution in [3.63, 3.8) is 0 Å². The SMILES string of the molecule is Cc1ccc(C2(CNC(=O)c3cccc(I)c3)CCOCC2)cc1. The third-order valence-corrected chi connectivity index (χ3v) is 5.46. The Morgan fingerprint density at radius 2 is 1.88 bits per heavy atom. The summed E-state index contributed by atoms with van der Waals surface area (Å²) in [7, 11) is 0. The van der Waals surface area contributed by atoms with Crippen LogP contribution >= 0.6 is 22.6 Å². The maximum absolute atomic E-state index is 12.5. The maximum Gasteiger partial charge on any atom is 0.251 e. The number of hydrogen-bond acceptors (Lipinski definition) is 2. The summed E-state index contributed by atoms with van der Waals surface area (Å²) in [6.45, 7) is 4.23. The first-order valence-corrected chi connectivity index (χ1v) is 9.36. The molecular formula is C20H22INO2. The highest BCUT2D eigenvalue weighted by Gasteiger charge is 2.34. The van der Waals surface area contributed by atoms with E-state index in [2.05, 4.69) is 59.1 Å². The van der Waals surface area contributed by atoms with Crippen molar-refractivity contribution >= 4 is 28.5 Å². The van der Waals surface area contributed by atoms with E-state index in [1.54, 1.807) is 0 Å². The summed E-state index contributed by atoms with van der Waals surface area (Å²) in [4.78, 5) is 12.5. The third kappa shape index (κ3) is 3.98. The first kappa shape index (κ1) is 17.4. The van der Waals surface area contributed by atoms with E-state index in [1.807, 2.05) is 24.3 Å². The Kier molecular flexibility index (Phi) is 5.56. The number of benzene rings is 2. The third-order valence-electron chi connectivity index (χ3n) is 4.79. The molecule has 0 spiro atoms. The van der Waals surface area contributed by atoms with E-state index >= 15 is 0 Å². The summed E-state index contributed by atoms with van der Waals surface area (Å²) in [5.74, 6) is -0.00788. The zero-order chi connectivity index (χ0) is 17.0. The summed E-state index contributed by atoms with van der Waals surface area (Å²) in [5.41, 5.74) is 3.22. The Balaban J connectivity index is 1.77. The highest BCUT2D eigenvalue weighted by Crippen LogP contribution is 2.34. The Hall–Kier alpha value is -1.40. The van der Waals surface area contributed by atoms with E-state index in [0.717, 1.165) is 29.6 Å². The second-order valence-corrected chi connectivity index (χ2v) is 7.70. The average Bonchev–Trinajstić information content (AvgIpc) is 2.61. The van der Waals surface area contributed by atoms with Crippen LogP contribution in [-0.4, -0.2) is 25.7 Å². The van der Waals surface area contributed by atoms with Crippen LogP contribution in [-0.2, 0) is 10.2 Å². The first-order valence-electron chi connectivity index (χ1n) is 8.28. The molecule has 3 rings (SSSR count). The van der Waals surface area contributed by atoms with Crippen molar-refractivity contribution in [3.05, 3.63) is 68.8 Å². The molecule has 1 fully saturated rings. The minimum Gasteiger partial charge on any atom is -0.381 e. The molecule has 0 unspecified atom stereocenters. The van der Waals surface area contributed by atoms with Crippen molar-refractivity contribution in [3.8, 4) is 0 Å². The van der Waals surface area contributed by atoms with Crippen molar-refractivity contribution in [2.45, 2.75) is 25.2 Å². The number of amides is 1. The topological polar surface area (TPSA) is 38.3 Å². The van der Waals surface area contributed by atoms with Gasteiger partial charge < -0.3 is 10.1 Å². The van der Waals surface area contributed by atoms with Gasteiger partial charge in [0.25, 0.3) is 5.91 Å². The second-order valence-electron chi connectivity index (χ2n) is 6.45. The van der Waals surface area contributed by atoms with E-state index in [4.69, 9.17) is 4.74 Å². The van der Waals surface area contributed by atoms with Gasteiger partial charge >= 0.3 is 0 Å². The predicted octanol–water partition coefficient (Wildman–Crippen LogP) is 4.08. The molecular weight excluding hydrogens is 413 g/mol. The van der Waals surface area contributed by atoms with Crippen LogP contribution in [0.1, 0.15) is 34.3 Å². The molecule has 0 radical (unpaired) electrons. The first-order chi connectivity index (χ1) is 11.6. The Labute approximate surface area is 156 Å². The predicted molar refractivity (Wildman–Crippen MR) is 104 cm³/mol. The van der Waals surface area contributed by atoms with Gasteiger partial charge in [0.15, 0.2) is 0 Å². The molecule has 1 aliphatic rings. The molecule has 4 heteroatoms. The van der Waals surface area contributed by atoms with Crippen molar-refractivity contribution in [1.29, 1.82) is 0 Å². The summed E-state index contributed by atoms with van der Waals surface area (Å²) >= 11 is 2.23. The maximum atomic E-state index is 12.5. The highest BCUT2D eigenvalue weighted by molar-refractivity contribution is 14.1. The van der Waals surface area contributed by atoms with Crippen LogP contribution in [0.5, 0.6) is 0 Å². The van der Waals surface area contributed by atoms with Crippen molar-refractivity contribution < 1.29 is 9.53 Å². The summed E-state index contributed by atoms with van der Waals surface area (Å²) in [6.07, 6.45) is 1.87. The van der Waals surface area contributed by atoms with Gasteiger partial charge in [-0.2, -0.15) is 0 Å². The number of nitrogens with one attached hydrogen (secondary N) is 1. The van der Waals surface area contributed by atoms with Gasteiger partial charge in [0.1, 0.15) is 0 Å². The van der Waals surface area contributed by atoms with Crippen LogP contribution in [0.4, 0.5) is 0 Å². The van der Waals surface area contributed by atoms with Crippen molar-refractivity contribution in [2.24, 2.45) is 0 Å². The second kappa shape index (κ2) is 7.66. The number of carbonyl (C=O) groups excluding carboxylic acids is 1. The van der Waals surface area contributed by atoms with Gasteiger partial charge in [0, 0.05) is 34.3 Å². The van der Waals surface area contributed by atoms with Crippen molar-refractivity contribution in [1.82, 2.24) is 5.32 Å². The quantitative estimate of drug-likeness (QED) is 0.736.